The van der Waals surface area contributed by atoms with Gasteiger partial charge in [0.15, 0.2) is 5.60 Å². The summed E-state index contributed by atoms with van der Waals surface area (Å²) in [5.41, 5.74) is -0.504. The molecule has 9 nitrogen and oxygen atoms in total. The highest BCUT2D eigenvalue weighted by molar-refractivity contribution is 5.92. The van der Waals surface area contributed by atoms with Gasteiger partial charge in [0, 0.05) is 24.8 Å². The number of hydrogen-bond donors (Lipinski definition) is 3. The van der Waals surface area contributed by atoms with Crippen molar-refractivity contribution in [2.45, 2.75) is 63.9 Å². The first-order chi connectivity index (χ1) is 16.0. The van der Waals surface area contributed by atoms with Gasteiger partial charge in [-0.25, -0.2) is 14.4 Å². The van der Waals surface area contributed by atoms with E-state index >= 15 is 0 Å². The molecule has 2 bridgehead atoms. The summed E-state index contributed by atoms with van der Waals surface area (Å²) in [6, 6.07) is 0. The molecule has 0 spiro atoms. The maximum Gasteiger partial charge on any atom is 0.339 e. The average Bonchev–Trinajstić information content (AvgIpc) is 3.04. The van der Waals surface area contributed by atoms with Gasteiger partial charge in [-0.05, 0) is 30.6 Å². The zero-order valence-electron chi connectivity index (χ0n) is 19.7. The highest BCUT2D eigenvalue weighted by Crippen LogP contribution is 2.40. The molecule has 0 aromatic carbocycles. The van der Waals surface area contributed by atoms with Crippen LogP contribution in [0, 0.1) is 11.8 Å². The van der Waals surface area contributed by atoms with Crippen LogP contribution in [0.1, 0.15) is 40.0 Å². The number of hydrogen-bond acceptors (Lipinski definition) is 9. The highest BCUT2D eigenvalue weighted by Gasteiger charge is 2.48. The van der Waals surface area contributed by atoms with Gasteiger partial charge >= 0.3 is 17.9 Å². The molecule has 3 N–H and O–H groups in total. The largest absolute Gasteiger partial charge is 0.458 e. The van der Waals surface area contributed by atoms with Crippen molar-refractivity contribution in [1.29, 1.82) is 0 Å². The lowest BCUT2D eigenvalue weighted by atomic mass is 9.78. The van der Waals surface area contributed by atoms with Gasteiger partial charge in [0.2, 0.25) is 0 Å². The molecule has 0 aromatic heterocycles. The number of ether oxygens (including phenoxy) is 3. The fourth-order valence-corrected chi connectivity index (χ4v) is 4.50. The SMILES string of the molecule is C=C1C(=O)O[C@@H]2/C=C(/C)[C@@H]3C/C=C(\C[C@@H](OC(=O)/C(=C/CO)CO)[C@@H]12)C[C@@](O)(C(C)C)C(=O)O3. The molecule has 34 heavy (non-hydrogen) atoms. The molecule has 9 heteroatoms. The summed E-state index contributed by atoms with van der Waals surface area (Å²) in [5.74, 6) is -3.40. The van der Waals surface area contributed by atoms with Crippen molar-refractivity contribution in [3.05, 3.63) is 47.1 Å². The van der Waals surface area contributed by atoms with Crippen LogP contribution in [0.3, 0.4) is 0 Å². The Kier molecular flexibility index (Phi) is 7.80. The van der Waals surface area contributed by atoms with E-state index in [9.17, 15) is 24.6 Å². The van der Waals surface area contributed by atoms with Crippen LogP contribution in [-0.2, 0) is 28.6 Å². The molecule has 0 aromatic rings. The Morgan fingerprint density at radius 1 is 1.32 bits per heavy atom. The molecule has 3 aliphatic rings. The van der Waals surface area contributed by atoms with E-state index in [-0.39, 0.29) is 24.0 Å². The number of aliphatic hydroxyl groups is 3. The van der Waals surface area contributed by atoms with E-state index in [1.165, 1.54) is 0 Å². The summed E-state index contributed by atoms with van der Waals surface area (Å²) in [7, 11) is 0. The third-order valence-corrected chi connectivity index (χ3v) is 6.76. The van der Waals surface area contributed by atoms with Gasteiger partial charge in [0.1, 0.15) is 18.3 Å². The van der Waals surface area contributed by atoms with Crippen LogP contribution in [0.4, 0.5) is 0 Å². The Labute approximate surface area is 198 Å². The fraction of sp³-hybridized carbons (Fsp3) is 0.560. The van der Waals surface area contributed by atoms with Crippen molar-refractivity contribution in [3.8, 4) is 0 Å². The first-order valence-electron chi connectivity index (χ1n) is 11.3. The average molecular weight is 477 g/mol. The second-order valence-corrected chi connectivity index (χ2v) is 9.30. The van der Waals surface area contributed by atoms with Crippen LogP contribution in [-0.4, -0.2) is 70.4 Å². The van der Waals surface area contributed by atoms with E-state index < -0.39 is 66.9 Å². The van der Waals surface area contributed by atoms with E-state index in [1.807, 2.05) is 6.08 Å². The number of aliphatic hydroxyl groups excluding tert-OH is 2. The second kappa shape index (κ2) is 10.2. The minimum atomic E-state index is -1.79. The molecule has 0 unspecified atom stereocenters. The van der Waals surface area contributed by atoms with Gasteiger partial charge < -0.3 is 29.5 Å². The summed E-state index contributed by atoms with van der Waals surface area (Å²) in [6.07, 6.45) is 2.66. The molecule has 0 radical (unpaired) electrons. The van der Waals surface area contributed by atoms with Crippen LogP contribution in [0.2, 0.25) is 0 Å². The molecular weight excluding hydrogens is 444 g/mol. The van der Waals surface area contributed by atoms with Crippen molar-refractivity contribution in [2.24, 2.45) is 11.8 Å². The number of carbonyl (C=O) groups is 3. The van der Waals surface area contributed by atoms with Crippen molar-refractivity contribution in [2.75, 3.05) is 13.2 Å². The molecule has 1 aliphatic carbocycles. The Bertz CT molecular complexity index is 957. The summed E-state index contributed by atoms with van der Waals surface area (Å²) in [5, 5.41) is 29.9. The first kappa shape index (κ1) is 25.9. The monoisotopic (exact) mass is 476 g/mol. The summed E-state index contributed by atoms with van der Waals surface area (Å²) in [4.78, 5) is 38.1. The topological polar surface area (TPSA) is 140 Å². The molecular formula is C25H32O9. The quantitative estimate of drug-likeness (QED) is 0.232. The maximum atomic E-state index is 12.9. The lowest BCUT2D eigenvalue weighted by Crippen LogP contribution is -2.48. The molecule has 0 saturated carbocycles. The summed E-state index contributed by atoms with van der Waals surface area (Å²) < 4.78 is 16.9. The maximum absolute atomic E-state index is 12.9. The minimum absolute atomic E-state index is 0.0367. The zero-order chi connectivity index (χ0) is 25.2. The van der Waals surface area contributed by atoms with Gasteiger partial charge in [-0.1, -0.05) is 32.1 Å². The first-order valence-corrected chi connectivity index (χ1v) is 11.3. The minimum Gasteiger partial charge on any atom is -0.458 e. The normalized spacial score (nSPS) is 35.3. The predicted octanol–water partition coefficient (Wildman–Crippen LogP) is 1.28. The van der Waals surface area contributed by atoms with E-state index in [2.05, 4.69) is 6.58 Å². The van der Waals surface area contributed by atoms with E-state index in [0.29, 0.717) is 17.6 Å². The van der Waals surface area contributed by atoms with Crippen LogP contribution >= 0.6 is 0 Å². The Balaban J connectivity index is 2.09. The molecule has 5 atom stereocenters. The van der Waals surface area contributed by atoms with Crippen LogP contribution in [0.5, 0.6) is 0 Å². The van der Waals surface area contributed by atoms with Crippen molar-refractivity contribution < 1.29 is 43.9 Å². The summed E-state index contributed by atoms with van der Waals surface area (Å²) >= 11 is 0. The summed E-state index contributed by atoms with van der Waals surface area (Å²) in [6.45, 7) is 7.92. The number of esters is 3. The molecule has 1 saturated heterocycles. The van der Waals surface area contributed by atoms with Gasteiger partial charge in [-0.3, -0.25) is 0 Å². The Hall–Kier alpha value is -2.75. The number of rotatable bonds is 5. The predicted molar refractivity (Wildman–Crippen MR) is 120 cm³/mol. The molecule has 3 rings (SSSR count). The van der Waals surface area contributed by atoms with E-state index in [0.717, 1.165) is 6.08 Å². The highest BCUT2D eigenvalue weighted by atomic mass is 16.6. The number of carbonyl (C=O) groups excluding carboxylic acids is 3. The Morgan fingerprint density at radius 3 is 2.65 bits per heavy atom. The van der Waals surface area contributed by atoms with Gasteiger partial charge in [0.25, 0.3) is 0 Å². The van der Waals surface area contributed by atoms with Crippen LogP contribution in [0.25, 0.3) is 0 Å². The zero-order valence-corrected chi connectivity index (χ0v) is 19.7. The standard InChI is InChI=1S/C25H32O9/c1-13(2)25(31)11-16-5-6-18(34-24(25)30)14(3)9-19-21(15(4)22(28)32-19)20(10-16)33-23(29)17(12-27)7-8-26/h5,7,9,13,18-21,26-27,31H,4,6,8,10-12H2,1-3H3/b14-9-,16-5+,17-7+/t18-,19+,20+,21-,25+/m0/s1. The number of fused-ring (bicyclic) bond motifs is 3. The van der Waals surface area contributed by atoms with Crippen LogP contribution in [0.15, 0.2) is 47.1 Å². The van der Waals surface area contributed by atoms with Gasteiger partial charge in [-0.2, -0.15) is 0 Å². The lowest BCUT2D eigenvalue weighted by Gasteiger charge is -2.37. The molecule has 186 valence electrons. The fourth-order valence-electron chi connectivity index (χ4n) is 4.50. The van der Waals surface area contributed by atoms with E-state index in [4.69, 9.17) is 19.3 Å². The molecule has 1 fully saturated rings. The van der Waals surface area contributed by atoms with Crippen molar-refractivity contribution in [1.82, 2.24) is 0 Å². The van der Waals surface area contributed by atoms with E-state index in [1.54, 1.807) is 26.8 Å². The third-order valence-electron chi connectivity index (χ3n) is 6.76. The third kappa shape index (κ3) is 5.01. The molecule has 2 aliphatic heterocycles. The molecule has 2 heterocycles. The second-order valence-electron chi connectivity index (χ2n) is 9.30. The van der Waals surface area contributed by atoms with Crippen molar-refractivity contribution >= 4 is 17.9 Å². The van der Waals surface area contributed by atoms with Gasteiger partial charge in [-0.15, -0.1) is 0 Å². The van der Waals surface area contributed by atoms with Crippen molar-refractivity contribution in [3.63, 3.8) is 0 Å². The molecule has 0 amide bonds. The van der Waals surface area contributed by atoms with Gasteiger partial charge in [0.05, 0.1) is 24.7 Å². The smallest absolute Gasteiger partial charge is 0.339 e. The Morgan fingerprint density at radius 2 is 2.03 bits per heavy atom. The lowest BCUT2D eigenvalue weighted by molar-refractivity contribution is -0.175. The van der Waals surface area contributed by atoms with Crippen LogP contribution < -0.4 is 0 Å².